The lowest BCUT2D eigenvalue weighted by Gasteiger charge is -2.33. The zero-order valence-corrected chi connectivity index (χ0v) is 10.7. The highest BCUT2D eigenvalue weighted by Crippen LogP contribution is 2.37. The first-order valence-corrected chi connectivity index (χ1v) is 6.45. The molecule has 0 saturated heterocycles. The summed E-state index contributed by atoms with van der Waals surface area (Å²) in [5.74, 6) is 0. The second-order valence-electron chi connectivity index (χ2n) is 4.64. The minimum absolute atomic E-state index is 0.326. The fourth-order valence-electron chi connectivity index (χ4n) is 2.76. The van der Waals surface area contributed by atoms with Crippen LogP contribution in [0.3, 0.4) is 0 Å². The standard InChI is InChI=1S/C16H24/c1-4-12-16(13-5-2,14-6-3)15-10-8-7-9-11-15/h4,7-11H,1,5-6,12-14H2,2-3H3. The average molecular weight is 216 g/mol. The van der Waals surface area contributed by atoms with Gasteiger partial charge in [-0.05, 0) is 30.2 Å². The highest BCUT2D eigenvalue weighted by atomic mass is 14.3. The van der Waals surface area contributed by atoms with Crippen LogP contribution < -0.4 is 0 Å². The van der Waals surface area contributed by atoms with Gasteiger partial charge in [0.15, 0.2) is 0 Å². The van der Waals surface area contributed by atoms with Gasteiger partial charge in [0, 0.05) is 0 Å². The SMILES string of the molecule is C=CCC(CCC)(CCC)c1ccccc1. The molecule has 0 heteroatoms. The Morgan fingerprint density at radius 2 is 1.62 bits per heavy atom. The maximum Gasteiger partial charge on any atom is -0.00128 e. The topological polar surface area (TPSA) is 0 Å². The lowest BCUT2D eigenvalue weighted by atomic mass is 9.71. The van der Waals surface area contributed by atoms with Crippen molar-refractivity contribution in [1.29, 1.82) is 0 Å². The Bertz CT molecular complexity index is 291. The molecule has 1 aromatic carbocycles. The maximum absolute atomic E-state index is 3.94. The van der Waals surface area contributed by atoms with Crippen LogP contribution in [-0.2, 0) is 5.41 Å². The average Bonchev–Trinajstić information content (AvgIpc) is 2.31. The molecular formula is C16H24. The summed E-state index contributed by atoms with van der Waals surface area (Å²) >= 11 is 0. The molecule has 0 radical (unpaired) electrons. The van der Waals surface area contributed by atoms with Gasteiger partial charge in [-0.25, -0.2) is 0 Å². The van der Waals surface area contributed by atoms with Crippen molar-refractivity contribution in [2.75, 3.05) is 0 Å². The first-order chi connectivity index (χ1) is 7.79. The molecule has 0 saturated carbocycles. The molecule has 0 fully saturated rings. The Morgan fingerprint density at radius 3 is 2.06 bits per heavy atom. The van der Waals surface area contributed by atoms with Gasteiger partial charge >= 0.3 is 0 Å². The summed E-state index contributed by atoms with van der Waals surface area (Å²) in [6.45, 7) is 8.48. The number of benzene rings is 1. The van der Waals surface area contributed by atoms with Gasteiger partial charge in [-0.1, -0.05) is 63.1 Å². The van der Waals surface area contributed by atoms with Crippen molar-refractivity contribution in [2.24, 2.45) is 0 Å². The van der Waals surface area contributed by atoms with Gasteiger partial charge in [0.2, 0.25) is 0 Å². The molecule has 1 rings (SSSR count). The van der Waals surface area contributed by atoms with E-state index in [4.69, 9.17) is 0 Å². The van der Waals surface area contributed by atoms with Crippen LogP contribution in [0.4, 0.5) is 0 Å². The highest BCUT2D eigenvalue weighted by molar-refractivity contribution is 5.26. The predicted octanol–water partition coefficient (Wildman–Crippen LogP) is 5.10. The Labute approximate surface area is 100 Å². The second kappa shape index (κ2) is 6.52. The quantitative estimate of drug-likeness (QED) is 0.556. The van der Waals surface area contributed by atoms with Crippen molar-refractivity contribution in [3.05, 3.63) is 48.6 Å². The molecule has 0 aliphatic rings. The molecule has 0 atom stereocenters. The van der Waals surface area contributed by atoms with E-state index >= 15 is 0 Å². The summed E-state index contributed by atoms with van der Waals surface area (Å²) in [6.07, 6.45) is 8.18. The first-order valence-electron chi connectivity index (χ1n) is 6.45. The van der Waals surface area contributed by atoms with E-state index in [9.17, 15) is 0 Å². The molecule has 0 amide bonds. The first kappa shape index (κ1) is 13.0. The van der Waals surface area contributed by atoms with Gasteiger partial charge in [-0.3, -0.25) is 0 Å². The van der Waals surface area contributed by atoms with E-state index in [1.165, 1.54) is 31.2 Å². The van der Waals surface area contributed by atoms with E-state index in [0.717, 1.165) is 6.42 Å². The molecule has 0 nitrogen and oxygen atoms in total. The van der Waals surface area contributed by atoms with Crippen LogP contribution in [0.5, 0.6) is 0 Å². The van der Waals surface area contributed by atoms with Crippen LogP contribution in [0, 0.1) is 0 Å². The summed E-state index contributed by atoms with van der Waals surface area (Å²) < 4.78 is 0. The van der Waals surface area contributed by atoms with Crippen LogP contribution in [-0.4, -0.2) is 0 Å². The monoisotopic (exact) mass is 216 g/mol. The van der Waals surface area contributed by atoms with Crippen LogP contribution in [0.2, 0.25) is 0 Å². The second-order valence-corrected chi connectivity index (χ2v) is 4.64. The number of allylic oxidation sites excluding steroid dienone is 1. The lowest BCUT2D eigenvalue weighted by molar-refractivity contribution is 0.359. The fraction of sp³-hybridized carbons (Fsp3) is 0.500. The van der Waals surface area contributed by atoms with E-state index in [0.29, 0.717) is 5.41 Å². The van der Waals surface area contributed by atoms with Crippen molar-refractivity contribution < 1.29 is 0 Å². The maximum atomic E-state index is 3.94. The molecule has 88 valence electrons. The fourth-order valence-corrected chi connectivity index (χ4v) is 2.76. The molecule has 0 bridgehead atoms. The molecule has 16 heavy (non-hydrogen) atoms. The van der Waals surface area contributed by atoms with Crippen molar-refractivity contribution in [2.45, 2.75) is 51.4 Å². The number of hydrogen-bond acceptors (Lipinski definition) is 0. The Morgan fingerprint density at radius 1 is 1.06 bits per heavy atom. The van der Waals surface area contributed by atoms with Crippen molar-refractivity contribution in [3.8, 4) is 0 Å². The third kappa shape index (κ3) is 2.98. The molecule has 0 aliphatic carbocycles. The summed E-state index contributed by atoms with van der Waals surface area (Å²) in [5.41, 5.74) is 1.81. The summed E-state index contributed by atoms with van der Waals surface area (Å²) in [7, 11) is 0. The van der Waals surface area contributed by atoms with Gasteiger partial charge in [-0.2, -0.15) is 0 Å². The largest absolute Gasteiger partial charge is 0.103 e. The van der Waals surface area contributed by atoms with E-state index in [-0.39, 0.29) is 0 Å². The normalized spacial score (nSPS) is 11.4. The van der Waals surface area contributed by atoms with Crippen molar-refractivity contribution >= 4 is 0 Å². The molecule has 0 heterocycles. The van der Waals surface area contributed by atoms with Crippen LogP contribution in [0.15, 0.2) is 43.0 Å². The predicted molar refractivity (Wildman–Crippen MR) is 72.8 cm³/mol. The van der Waals surface area contributed by atoms with Gasteiger partial charge in [0.1, 0.15) is 0 Å². The van der Waals surface area contributed by atoms with E-state index in [2.05, 4.69) is 56.8 Å². The minimum Gasteiger partial charge on any atom is -0.103 e. The minimum atomic E-state index is 0.326. The van der Waals surface area contributed by atoms with E-state index in [1.807, 2.05) is 0 Å². The molecule has 1 aromatic rings. The third-order valence-electron chi connectivity index (χ3n) is 3.38. The molecule has 0 unspecified atom stereocenters. The van der Waals surface area contributed by atoms with Crippen molar-refractivity contribution in [1.82, 2.24) is 0 Å². The third-order valence-corrected chi connectivity index (χ3v) is 3.38. The molecule has 0 spiro atoms. The van der Waals surface area contributed by atoms with Gasteiger partial charge < -0.3 is 0 Å². The Balaban J connectivity index is 3.04. The van der Waals surface area contributed by atoms with Gasteiger partial charge in [-0.15, -0.1) is 6.58 Å². The van der Waals surface area contributed by atoms with Gasteiger partial charge in [0.25, 0.3) is 0 Å². The van der Waals surface area contributed by atoms with Crippen LogP contribution in [0.25, 0.3) is 0 Å². The number of hydrogen-bond donors (Lipinski definition) is 0. The zero-order valence-electron chi connectivity index (χ0n) is 10.7. The van der Waals surface area contributed by atoms with Gasteiger partial charge in [0.05, 0.1) is 0 Å². The smallest absolute Gasteiger partial charge is 0.00128 e. The van der Waals surface area contributed by atoms with E-state index < -0.39 is 0 Å². The Hall–Kier alpha value is -1.04. The molecule has 0 aliphatic heterocycles. The molecule has 0 aromatic heterocycles. The zero-order chi connectivity index (χ0) is 11.9. The highest BCUT2D eigenvalue weighted by Gasteiger charge is 2.28. The lowest BCUT2D eigenvalue weighted by Crippen LogP contribution is -2.25. The number of rotatable bonds is 7. The van der Waals surface area contributed by atoms with Crippen molar-refractivity contribution in [3.63, 3.8) is 0 Å². The molecule has 0 N–H and O–H groups in total. The summed E-state index contributed by atoms with van der Waals surface area (Å²) in [6, 6.07) is 10.9. The Kier molecular flexibility index (Phi) is 5.31. The van der Waals surface area contributed by atoms with Crippen LogP contribution >= 0.6 is 0 Å². The van der Waals surface area contributed by atoms with Crippen LogP contribution in [0.1, 0.15) is 51.5 Å². The summed E-state index contributed by atoms with van der Waals surface area (Å²) in [4.78, 5) is 0. The van der Waals surface area contributed by atoms with E-state index in [1.54, 1.807) is 0 Å². The molecular weight excluding hydrogens is 192 g/mol. The summed E-state index contributed by atoms with van der Waals surface area (Å²) in [5, 5.41) is 0.